The topological polar surface area (TPSA) is 123 Å². The van der Waals surface area contributed by atoms with Crippen LogP contribution in [-0.4, -0.2) is 56.7 Å². The predicted molar refractivity (Wildman–Crippen MR) is 116 cm³/mol. The number of carbonyl (C=O) groups is 2. The van der Waals surface area contributed by atoms with Crippen molar-refractivity contribution in [2.75, 3.05) is 11.9 Å². The van der Waals surface area contributed by atoms with Gasteiger partial charge in [-0.25, -0.2) is 13.6 Å². The minimum atomic E-state index is -2.63. The van der Waals surface area contributed by atoms with Gasteiger partial charge in [-0.2, -0.15) is 5.10 Å². The van der Waals surface area contributed by atoms with Gasteiger partial charge in [-0.3, -0.25) is 14.6 Å². The van der Waals surface area contributed by atoms with E-state index in [-0.39, 0.29) is 41.1 Å². The monoisotopic (exact) mass is 478 g/mol. The molecule has 2 bridgehead atoms. The van der Waals surface area contributed by atoms with E-state index in [1.807, 2.05) is 0 Å². The van der Waals surface area contributed by atoms with Gasteiger partial charge in [0.25, 0.3) is 12.3 Å². The molecule has 0 aliphatic heterocycles. The zero-order valence-electron chi connectivity index (χ0n) is 19.0. The standard InChI is InChI=1S/C22H28F2N6O4/c1-11-3-13(4-16(11)34-21(32)26-22-7-12(8-22)9-22)14-5-18(28-27-14)25-20(31)15-6-19(29-30(15)2)33-10-17(23)24/h5-6,11-13,16-17H,3-4,7-10H2,1-2H3,(H,26,32)(H2,25,27,28,31)/t11-,12?,13+,16+,22?/m0/s1. The molecule has 4 aliphatic carbocycles. The number of aromatic nitrogens is 4. The molecule has 4 saturated carbocycles. The third-order valence-electron chi connectivity index (χ3n) is 7.20. The summed E-state index contributed by atoms with van der Waals surface area (Å²) in [5, 5.41) is 16.8. The summed E-state index contributed by atoms with van der Waals surface area (Å²) >= 11 is 0. The highest BCUT2D eigenvalue weighted by atomic mass is 19.3. The Morgan fingerprint density at radius 3 is 2.74 bits per heavy atom. The molecule has 0 radical (unpaired) electrons. The van der Waals surface area contributed by atoms with Crippen LogP contribution in [0.2, 0.25) is 0 Å². The molecule has 2 heterocycles. The lowest BCUT2D eigenvalue weighted by molar-refractivity contribution is -0.0520. The van der Waals surface area contributed by atoms with Gasteiger partial charge in [0.15, 0.2) is 12.4 Å². The second-order valence-corrected chi connectivity index (χ2v) is 9.83. The molecule has 34 heavy (non-hydrogen) atoms. The largest absolute Gasteiger partial charge is 0.471 e. The molecule has 12 heteroatoms. The molecule has 2 aromatic rings. The third kappa shape index (κ3) is 4.45. The average Bonchev–Trinajstić information content (AvgIpc) is 3.41. The predicted octanol–water partition coefficient (Wildman–Crippen LogP) is 3.20. The molecule has 0 aromatic carbocycles. The Bertz CT molecular complexity index is 1070. The van der Waals surface area contributed by atoms with E-state index < -0.39 is 18.9 Å². The van der Waals surface area contributed by atoms with Crippen LogP contribution in [0.15, 0.2) is 12.1 Å². The highest BCUT2D eigenvalue weighted by Gasteiger charge is 2.57. The van der Waals surface area contributed by atoms with Crippen molar-refractivity contribution in [1.29, 1.82) is 0 Å². The lowest BCUT2D eigenvalue weighted by atomic mass is 9.50. The van der Waals surface area contributed by atoms with Crippen LogP contribution < -0.4 is 15.4 Å². The number of ether oxygens (including phenoxy) is 2. The van der Waals surface area contributed by atoms with Crippen LogP contribution in [-0.2, 0) is 11.8 Å². The molecule has 2 amide bonds. The normalized spacial score (nSPS) is 29.3. The second-order valence-electron chi connectivity index (χ2n) is 9.83. The number of aryl methyl sites for hydroxylation is 1. The van der Waals surface area contributed by atoms with Crippen molar-refractivity contribution in [3.8, 4) is 5.88 Å². The number of anilines is 1. The summed E-state index contributed by atoms with van der Waals surface area (Å²) in [6.45, 7) is 1.27. The van der Waals surface area contributed by atoms with Crippen molar-refractivity contribution in [3.63, 3.8) is 0 Å². The smallest absolute Gasteiger partial charge is 0.407 e. The molecule has 184 valence electrons. The van der Waals surface area contributed by atoms with Crippen molar-refractivity contribution in [3.05, 3.63) is 23.5 Å². The molecular formula is C22H28F2N6O4. The van der Waals surface area contributed by atoms with Gasteiger partial charge >= 0.3 is 6.09 Å². The summed E-state index contributed by atoms with van der Waals surface area (Å²) in [6, 6.07) is 3.05. The molecule has 10 nitrogen and oxygen atoms in total. The summed E-state index contributed by atoms with van der Waals surface area (Å²) < 4.78 is 36.5. The highest BCUT2D eigenvalue weighted by Crippen LogP contribution is 2.57. The quantitative estimate of drug-likeness (QED) is 0.536. The summed E-state index contributed by atoms with van der Waals surface area (Å²) in [5.41, 5.74) is 0.980. The number of carbonyl (C=O) groups excluding carboxylic acids is 2. The van der Waals surface area contributed by atoms with Gasteiger partial charge in [0, 0.05) is 36.3 Å². The van der Waals surface area contributed by atoms with Gasteiger partial charge in [-0.1, -0.05) is 6.92 Å². The average molecular weight is 479 g/mol. The van der Waals surface area contributed by atoms with Gasteiger partial charge in [0.05, 0.1) is 0 Å². The molecule has 3 N–H and O–H groups in total. The fourth-order valence-corrected chi connectivity index (χ4v) is 5.31. The SMILES string of the molecule is C[C@H]1C[C@@H](c2cc(NC(=O)c3cc(OCC(F)F)nn3C)n[nH]2)C[C@H]1OC(=O)NC12CC(C1)C2. The second kappa shape index (κ2) is 8.55. The Morgan fingerprint density at radius 2 is 2.06 bits per heavy atom. The van der Waals surface area contributed by atoms with Gasteiger partial charge in [0.2, 0.25) is 5.88 Å². The van der Waals surface area contributed by atoms with Gasteiger partial charge in [-0.15, -0.1) is 5.10 Å². The number of alkyl halides is 2. The van der Waals surface area contributed by atoms with Crippen LogP contribution in [0.5, 0.6) is 5.88 Å². The van der Waals surface area contributed by atoms with Crippen LogP contribution in [0.1, 0.15) is 61.1 Å². The number of H-pyrrole nitrogens is 1. The van der Waals surface area contributed by atoms with Crippen LogP contribution in [0, 0.1) is 11.8 Å². The number of hydrogen-bond acceptors (Lipinski definition) is 6. The lowest BCUT2D eigenvalue weighted by Crippen LogP contribution is -2.68. The maximum absolute atomic E-state index is 12.6. The van der Waals surface area contributed by atoms with E-state index in [1.54, 1.807) is 6.07 Å². The summed E-state index contributed by atoms with van der Waals surface area (Å²) in [5.74, 6) is 0.877. The molecule has 2 aromatic heterocycles. The van der Waals surface area contributed by atoms with Crippen molar-refractivity contribution in [1.82, 2.24) is 25.3 Å². The van der Waals surface area contributed by atoms with Gasteiger partial charge in [0.1, 0.15) is 11.8 Å². The lowest BCUT2D eigenvalue weighted by Gasteiger charge is -2.61. The number of halogens is 2. The number of nitrogens with zero attached hydrogens (tertiary/aromatic N) is 3. The highest BCUT2D eigenvalue weighted by molar-refractivity contribution is 6.02. The summed E-state index contributed by atoms with van der Waals surface area (Å²) in [7, 11) is 1.52. The number of rotatable bonds is 8. The molecule has 0 unspecified atom stereocenters. The van der Waals surface area contributed by atoms with Crippen molar-refractivity contribution < 1.29 is 27.8 Å². The summed E-state index contributed by atoms with van der Waals surface area (Å²) in [4.78, 5) is 24.9. The van der Waals surface area contributed by atoms with Crippen LogP contribution in [0.25, 0.3) is 0 Å². The molecule has 0 saturated heterocycles. The van der Waals surface area contributed by atoms with E-state index in [0.717, 1.165) is 37.3 Å². The Balaban J connectivity index is 1.15. The third-order valence-corrected chi connectivity index (χ3v) is 7.20. The van der Waals surface area contributed by atoms with E-state index in [4.69, 9.17) is 9.47 Å². The number of alkyl carbamates (subject to hydrolysis) is 1. The number of hydrogen-bond donors (Lipinski definition) is 3. The summed E-state index contributed by atoms with van der Waals surface area (Å²) in [6.07, 6.45) is 1.55. The Kier molecular flexibility index (Phi) is 5.68. The maximum Gasteiger partial charge on any atom is 0.407 e. The number of nitrogens with one attached hydrogen (secondary N) is 3. The zero-order chi connectivity index (χ0) is 24.0. The van der Waals surface area contributed by atoms with E-state index >= 15 is 0 Å². The van der Waals surface area contributed by atoms with Crippen LogP contribution >= 0.6 is 0 Å². The van der Waals surface area contributed by atoms with E-state index in [2.05, 4.69) is 32.9 Å². The molecule has 3 atom stereocenters. The first-order chi connectivity index (χ1) is 16.2. The first-order valence-corrected chi connectivity index (χ1v) is 11.5. The first-order valence-electron chi connectivity index (χ1n) is 11.5. The number of aromatic amines is 1. The van der Waals surface area contributed by atoms with Gasteiger partial charge < -0.3 is 20.1 Å². The maximum atomic E-state index is 12.6. The van der Waals surface area contributed by atoms with Gasteiger partial charge in [-0.05, 0) is 43.9 Å². The fourth-order valence-electron chi connectivity index (χ4n) is 5.31. The van der Waals surface area contributed by atoms with E-state index in [0.29, 0.717) is 12.2 Å². The fraction of sp³-hybridized carbons (Fsp3) is 0.636. The Labute approximate surface area is 194 Å². The van der Waals surface area contributed by atoms with Crippen molar-refractivity contribution in [2.45, 2.75) is 63.0 Å². The molecular weight excluding hydrogens is 450 g/mol. The Hall–Kier alpha value is -3.18. The minimum Gasteiger partial charge on any atom is -0.471 e. The Morgan fingerprint density at radius 1 is 1.29 bits per heavy atom. The van der Waals surface area contributed by atoms with Crippen molar-refractivity contribution >= 4 is 17.8 Å². The van der Waals surface area contributed by atoms with Crippen LogP contribution in [0.4, 0.5) is 19.4 Å². The molecule has 4 aliphatic rings. The van der Waals surface area contributed by atoms with Crippen LogP contribution in [0.3, 0.4) is 0 Å². The molecule has 0 spiro atoms. The first kappa shape index (κ1) is 22.6. The zero-order valence-corrected chi connectivity index (χ0v) is 19.0. The number of amides is 2. The van der Waals surface area contributed by atoms with Crippen molar-refractivity contribution in [2.24, 2.45) is 18.9 Å². The molecule has 4 fully saturated rings. The molecule has 6 rings (SSSR count). The minimum absolute atomic E-state index is 0.0108. The van der Waals surface area contributed by atoms with E-state index in [1.165, 1.54) is 17.8 Å². The van der Waals surface area contributed by atoms with E-state index in [9.17, 15) is 18.4 Å².